The summed E-state index contributed by atoms with van der Waals surface area (Å²) in [5, 5.41) is 21.1. The standard InChI is InChI=1S/C24H29N5O5S.CH2O2/c1-24(23(31)27-32,35(2,33)34)11-14-29-17-20-15-19(7-8-21(20)26-29)6-4-3-5-18-9-12-28(13-10-18)22(30)16-25;2-1-3/h7-8,15,17-18,32H,9-14,16,25H2,1-2H3,(H,27,31);1H,(H,2,3)/t24-;/m1./s1. The summed E-state index contributed by atoms with van der Waals surface area (Å²) in [4.78, 5) is 33.7. The van der Waals surface area contributed by atoms with Crippen molar-refractivity contribution < 1.29 is 33.1 Å². The number of amides is 2. The van der Waals surface area contributed by atoms with Crippen molar-refractivity contribution in [1.29, 1.82) is 0 Å². The van der Waals surface area contributed by atoms with E-state index < -0.39 is 20.5 Å². The lowest BCUT2D eigenvalue weighted by atomic mass is 9.97. The lowest BCUT2D eigenvalue weighted by Crippen LogP contribution is -2.49. The van der Waals surface area contributed by atoms with Crippen molar-refractivity contribution in [3.05, 3.63) is 30.0 Å². The van der Waals surface area contributed by atoms with Crippen LogP contribution in [0.5, 0.6) is 0 Å². The molecule has 38 heavy (non-hydrogen) atoms. The van der Waals surface area contributed by atoms with E-state index >= 15 is 0 Å². The highest BCUT2D eigenvalue weighted by atomic mass is 32.2. The van der Waals surface area contributed by atoms with E-state index in [1.54, 1.807) is 15.8 Å². The van der Waals surface area contributed by atoms with Crippen molar-refractivity contribution in [2.75, 3.05) is 25.9 Å². The molecule has 2 heterocycles. The number of sulfone groups is 1. The summed E-state index contributed by atoms with van der Waals surface area (Å²) in [5.74, 6) is 11.1. The van der Waals surface area contributed by atoms with Gasteiger partial charge in [-0.3, -0.25) is 24.3 Å². The van der Waals surface area contributed by atoms with Gasteiger partial charge in [-0.15, -0.1) is 0 Å². The van der Waals surface area contributed by atoms with Crippen molar-refractivity contribution in [3.8, 4) is 23.7 Å². The first-order valence-corrected chi connectivity index (χ1v) is 13.6. The maximum Gasteiger partial charge on any atom is 0.290 e. The fourth-order valence-electron chi connectivity index (χ4n) is 3.83. The van der Waals surface area contributed by atoms with Gasteiger partial charge >= 0.3 is 0 Å². The molecule has 0 saturated carbocycles. The molecule has 5 N–H and O–H groups in total. The summed E-state index contributed by atoms with van der Waals surface area (Å²) in [6.07, 6.45) is 4.27. The number of benzene rings is 1. The summed E-state index contributed by atoms with van der Waals surface area (Å²) in [6, 6.07) is 5.50. The fourth-order valence-corrected chi connectivity index (χ4v) is 4.67. The Labute approximate surface area is 221 Å². The number of carbonyl (C=O) groups excluding carboxylic acids is 2. The Kier molecular flexibility index (Phi) is 10.8. The molecule has 1 saturated heterocycles. The number of fused-ring (bicyclic) bond motifs is 1. The Balaban J connectivity index is 0.00000161. The minimum Gasteiger partial charge on any atom is -0.483 e. The summed E-state index contributed by atoms with van der Waals surface area (Å²) in [7, 11) is -3.78. The number of nitrogens with two attached hydrogens (primary N) is 1. The second kappa shape index (κ2) is 13.6. The van der Waals surface area contributed by atoms with Crippen molar-refractivity contribution in [3.63, 3.8) is 0 Å². The Morgan fingerprint density at radius 3 is 2.53 bits per heavy atom. The first-order chi connectivity index (χ1) is 18.0. The first-order valence-electron chi connectivity index (χ1n) is 11.7. The van der Waals surface area contributed by atoms with Crippen LogP contribution in [0.15, 0.2) is 24.4 Å². The molecule has 1 aromatic heterocycles. The van der Waals surface area contributed by atoms with E-state index in [9.17, 15) is 18.0 Å². The Morgan fingerprint density at radius 1 is 1.29 bits per heavy atom. The minimum absolute atomic E-state index is 0.0324. The third-order valence-corrected chi connectivity index (χ3v) is 8.36. The van der Waals surface area contributed by atoms with Gasteiger partial charge in [0.1, 0.15) is 0 Å². The second-order valence-electron chi connectivity index (χ2n) is 8.84. The molecule has 3 rings (SSSR count). The predicted molar refractivity (Wildman–Crippen MR) is 139 cm³/mol. The molecule has 0 bridgehead atoms. The summed E-state index contributed by atoms with van der Waals surface area (Å²) < 4.78 is 24.0. The average molecular weight is 546 g/mol. The van der Waals surface area contributed by atoms with Crippen LogP contribution >= 0.6 is 0 Å². The highest BCUT2D eigenvalue weighted by molar-refractivity contribution is 7.92. The number of nitrogens with one attached hydrogen (secondary N) is 1. The van der Waals surface area contributed by atoms with Crippen LogP contribution in [0.2, 0.25) is 0 Å². The Bertz CT molecular complexity index is 1390. The van der Waals surface area contributed by atoms with Crippen LogP contribution in [0.3, 0.4) is 0 Å². The molecule has 1 aromatic carbocycles. The monoisotopic (exact) mass is 545 g/mol. The van der Waals surface area contributed by atoms with E-state index in [0.717, 1.165) is 30.0 Å². The Hall–Kier alpha value is -3.91. The number of likely N-dealkylation sites (tertiary alicyclic amines) is 1. The number of rotatable bonds is 6. The lowest BCUT2D eigenvalue weighted by molar-refractivity contribution is -0.132. The van der Waals surface area contributed by atoms with Gasteiger partial charge in [0.2, 0.25) is 5.91 Å². The number of carboxylic acid groups (broad SMARTS) is 1. The molecule has 0 unspecified atom stereocenters. The number of hydrogen-bond acceptors (Lipinski definition) is 8. The number of hydroxylamine groups is 1. The minimum atomic E-state index is -3.78. The van der Waals surface area contributed by atoms with Gasteiger partial charge < -0.3 is 15.7 Å². The van der Waals surface area contributed by atoms with E-state index in [-0.39, 0.29) is 37.8 Å². The smallest absolute Gasteiger partial charge is 0.290 e. The molecule has 1 atom stereocenters. The average Bonchev–Trinajstić information content (AvgIpc) is 3.31. The van der Waals surface area contributed by atoms with Crippen LogP contribution in [-0.4, -0.2) is 82.3 Å². The number of aromatic nitrogens is 2. The second-order valence-corrected chi connectivity index (χ2v) is 11.3. The van der Waals surface area contributed by atoms with E-state index in [1.165, 1.54) is 12.4 Å². The normalized spacial score (nSPS) is 15.0. The maximum atomic E-state index is 12.1. The van der Waals surface area contributed by atoms with Crippen LogP contribution in [0, 0.1) is 29.6 Å². The van der Waals surface area contributed by atoms with Gasteiger partial charge in [0.05, 0.1) is 12.1 Å². The highest BCUT2D eigenvalue weighted by Crippen LogP contribution is 2.23. The third-order valence-electron chi connectivity index (χ3n) is 6.34. The van der Waals surface area contributed by atoms with Crippen LogP contribution in [-0.2, 0) is 30.8 Å². The molecule has 0 spiro atoms. The van der Waals surface area contributed by atoms with Gasteiger partial charge in [0.25, 0.3) is 12.4 Å². The molecule has 0 aliphatic carbocycles. The van der Waals surface area contributed by atoms with E-state index in [2.05, 4.69) is 28.8 Å². The molecule has 2 aromatic rings. The largest absolute Gasteiger partial charge is 0.483 e. The van der Waals surface area contributed by atoms with Gasteiger partial charge in [-0.2, -0.15) is 5.10 Å². The zero-order valence-electron chi connectivity index (χ0n) is 21.2. The van der Waals surface area contributed by atoms with Crippen molar-refractivity contribution in [2.45, 2.75) is 37.5 Å². The number of hydrogen-bond donors (Lipinski definition) is 4. The molecule has 2 amide bonds. The van der Waals surface area contributed by atoms with Crippen molar-refractivity contribution >= 4 is 39.0 Å². The summed E-state index contributed by atoms with van der Waals surface area (Å²) in [6.45, 7) is 2.55. The zero-order chi connectivity index (χ0) is 28.3. The topological polar surface area (TPSA) is 185 Å². The molecular formula is C25H31N5O7S. The molecule has 1 aliphatic rings. The molecular weight excluding hydrogens is 514 g/mol. The molecule has 13 heteroatoms. The quantitative estimate of drug-likeness (QED) is 0.168. The van der Waals surface area contributed by atoms with E-state index in [0.29, 0.717) is 18.6 Å². The Morgan fingerprint density at radius 2 is 1.95 bits per heavy atom. The zero-order valence-corrected chi connectivity index (χ0v) is 22.0. The van der Waals surface area contributed by atoms with Gasteiger partial charge in [0.15, 0.2) is 14.6 Å². The summed E-state index contributed by atoms with van der Waals surface area (Å²) >= 11 is 0. The fraction of sp³-hybridized carbons (Fsp3) is 0.440. The summed E-state index contributed by atoms with van der Waals surface area (Å²) in [5.41, 5.74) is 8.31. The number of aryl methyl sites for hydroxylation is 1. The number of nitrogens with zero attached hydrogens (tertiary/aromatic N) is 3. The molecule has 1 fully saturated rings. The van der Waals surface area contributed by atoms with Gasteiger partial charge in [-0.1, -0.05) is 11.8 Å². The molecule has 204 valence electrons. The SMILES string of the molecule is C[C@@](CCn1cc2cc(C#CC#CC3CCN(C(=O)CN)CC3)ccc2n1)(C(=O)NO)S(C)(=O)=O.O=CO. The van der Waals surface area contributed by atoms with Crippen LogP contribution in [0.1, 0.15) is 31.7 Å². The van der Waals surface area contributed by atoms with Crippen LogP contribution in [0.25, 0.3) is 10.9 Å². The highest BCUT2D eigenvalue weighted by Gasteiger charge is 2.43. The van der Waals surface area contributed by atoms with E-state index in [4.69, 9.17) is 20.8 Å². The lowest BCUT2D eigenvalue weighted by Gasteiger charge is -2.29. The van der Waals surface area contributed by atoms with Crippen molar-refractivity contribution in [1.82, 2.24) is 20.2 Å². The van der Waals surface area contributed by atoms with Crippen LogP contribution < -0.4 is 11.2 Å². The third kappa shape index (κ3) is 7.79. The van der Waals surface area contributed by atoms with E-state index in [1.807, 2.05) is 18.2 Å². The predicted octanol–water partition coefficient (Wildman–Crippen LogP) is -0.0119. The van der Waals surface area contributed by atoms with Crippen LogP contribution in [0.4, 0.5) is 0 Å². The van der Waals surface area contributed by atoms with Gasteiger partial charge in [-0.05, 0) is 56.2 Å². The van der Waals surface area contributed by atoms with Crippen molar-refractivity contribution in [2.24, 2.45) is 11.7 Å². The molecule has 1 aliphatic heterocycles. The number of piperidine rings is 1. The first kappa shape index (κ1) is 30.3. The molecule has 0 radical (unpaired) electrons. The van der Waals surface area contributed by atoms with Gasteiger partial charge in [-0.25, -0.2) is 13.9 Å². The van der Waals surface area contributed by atoms with Gasteiger partial charge in [0, 0.05) is 49.0 Å². The number of carbonyl (C=O) groups is 3. The molecule has 12 nitrogen and oxygen atoms in total. The maximum absolute atomic E-state index is 12.1.